The highest BCUT2D eigenvalue weighted by Gasteiger charge is 2.42. The van der Waals surface area contributed by atoms with Gasteiger partial charge in [0.2, 0.25) is 11.8 Å². The number of nitrogens with zero attached hydrogens (tertiary/aromatic N) is 8. The molecule has 81 heavy (non-hydrogen) atoms. The third-order valence-electron chi connectivity index (χ3n) is 15.1. The van der Waals surface area contributed by atoms with Gasteiger partial charge in [0.05, 0.1) is 34.1 Å². The average Bonchev–Trinajstić information content (AvgIpc) is 4.22. The molecule has 6 aromatic rings. The van der Waals surface area contributed by atoms with Crippen molar-refractivity contribution >= 4 is 62.0 Å². The molecule has 0 unspecified atom stereocenters. The summed E-state index contributed by atoms with van der Waals surface area (Å²) >= 11 is 5.67. The number of hydrogen-bond acceptors (Lipinski definition) is 14. The molecule has 2 saturated heterocycles. The van der Waals surface area contributed by atoms with E-state index in [-0.39, 0.29) is 32.0 Å². The topological polar surface area (TPSA) is 213 Å². The highest BCUT2D eigenvalue weighted by Crippen LogP contribution is 2.49. The molecule has 436 valence electrons. The van der Waals surface area contributed by atoms with Crippen molar-refractivity contribution in [3.05, 3.63) is 121 Å². The zero-order valence-corrected chi connectivity index (χ0v) is 52.0. The van der Waals surface area contributed by atoms with Crippen molar-refractivity contribution < 1.29 is 35.9 Å². The Balaban J connectivity index is 0.000000196. The minimum absolute atomic E-state index is 0.0225. The Labute approximate surface area is 484 Å². The molecule has 18 nitrogen and oxygen atoms in total. The normalized spacial score (nSPS) is 19.3. The van der Waals surface area contributed by atoms with Crippen molar-refractivity contribution in [2.45, 2.75) is 147 Å². The van der Waals surface area contributed by atoms with Gasteiger partial charge in [0.25, 0.3) is 31.9 Å². The highest BCUT2D eigenvalue weighted by atomic mass is 35.6. The summed E-state index contributed by atoms with van der Waals surface area (Å²) in [5.74, 6) is 2.24. The van der Waals surface area contributed by atoms with Crippen molar-refractivity contribution in [2.24, 2.45) is 22.7 Å². The number of aromatic nitrogens is 6. The number of amides is 2. The van der Waals surface area contributed by atoms with Gasteiger partial charge in [-0.2, -0.15) is 11.1 Å². The molecule has 2 atom stereocenters. The van der Waals surface area contributed by atoms with E-state index in [2.05, 4.69) is 104 Å². The van der Waals surface area contributed by atoms with E-state index in [4.69, 9.17) is 30.5 Å². The zero-order chi connectivity index (χ0) is 58.8. The number of hydrogen-bond donors (Lipinski definition) is 2. The number of halogens is 1. The van der Waals surface area contributed by atoms with Crippen LogP contribution in [0.4, 0.5) is 11.6 Å². The monoisotopic (exact) mass is 1180 g/mol. The van der Waals surface area contributed by atoms with Crippen LogP contribution in [0.1, 0.15) is 127 Å². The Morgan fingerprint density at radius 2 is 0.926 bits per heavy atom. The van der Waals surface area contributed by atoms with Crippen LogP contribution < -0.4 is 28.7 Å². The maximum Gasteiger partial charge on any atom is 0.268 e. The van der Waals surface area contributed by atoms with Gasteiger partial charge in [-0.25, -0.2) is 45.6 Å². The van der Waals surface area contributed by atoms with Gasteiger partial charge in [0.1, 0.15) is 19.0 Å². The summed E-state index contributed by atoms with van der Waals surface area (Å²) in [6.45, 7) is 26.2. The molecule has 2 aliphatic heterocycles. The van der Waals surface area contributed by atoms with E-state index in [9.17, 15) is 26.4 Å². The quantitative estimate of drug-likeness (QED) is 0.0605. The second kappa shape index (κ2) is 23.9. The third kappa shape index (κ3) is 16.0. The molecule has 4 fully saturated rings. The number of carbonyl (C=O) groups is 2. The van der Waals surface area contributed by atoms with Crippen LogP contribution >= 0.6 is 11.1 Å². The van der Waals surface area contributed by atoms with Crippen LogP contribution in [0.2, 0.25) is 19.6 Å². The molecule has 4 aliphatic rings. The fourth-order valence-corrected chi connectivity index (χ4v) is 12.2. The molecule has 6 heterocycles. The Kier molecular flexibility index (Phi) is 17.9. The van der Waals surface area contributed by atoms with Gasteiger partial charge in [-0.1, -0.05) is 83.7 Å². The second-order valence-corrected chi connectivity index (χ2v) is 36.0. The lowest BCUT2D eigenvalue weighted by atomic mass is 9.97. The van der Waals surface area contributed by atoms with E-state index in [0.717, 1.165) is 25.7 Å². The van der Waals surface area contributed by atoms with Crippen molar-refractivity contribution in [3.8, 4) is 23.4 Å². The summed E-state index contributed by atoms with van der Waals surface area (Å²) < 4.78 is 70.9. The molecule has 2 aromatic carbocycles. The molecular weight excluding hydrogens is 1100 g/mol. The number of pyridine rings is 2. The minimum Gasteiger partial charge on any atom is -0.477 e. The summed E-state index contributed by atoms with van der Waals surface area (Å²) in [5, 5.41) is 9.06. The SMILES string of the molecule is C[C@@H]1CN(c2nc(-n3ccc(OCCC4(C)CC4)n3)ccc2C(=O)NS(=O)(=O)c2ccccc2)C(C)(C)C1.C[C@@H]1CN(c2nc(-n3ccc(OCCC4(C)CC4)n3)ccc2C(=O)NS(=O)(=O)c2ccccc2)C(C)(C)C1.C[Si](C)(C)Cl. The molecule has 10 rings (SSSR count). The fourth-order valence-electron chi connectivity index (χ4n) is 10.2. The lowest BCUT2D eigenvalue weighted by Crippen LogP contribution is -2.41. The second-order valence-electron chi connectivity index (χ2n) is 25.1. The maximum absolute atomic E-state index is 13.4. The molecule has 0 spiro atoms. The molecule has 0 radical (unpaired) electrons. The molecule has 0 bridgehead atoms. The molecule has 2 aliphatic carbocycles. The predicted molar refractivity (Wildman–Crippen MR) is 319 cm³/mol. The summed E-state index contributed by atoms with van der Waals surface area (Å²) in [4.78, 5) is 40.6. The van der Waals surface area contributed by atoms with E-state index in [0.29, 0.717) is 84.0 Å². The van der Waals surface area contributed by atoms with E-state index in [1.165, 1.54) is 49.9 Å². The molecule has 4 aromatic heterocycles. The lowest BCUT2D eigenvalue weighted by Gasteiger charge is -2.34. The van der Waals surface area contributed by atoms with E-state index >= 15 is 0 Å². The first-order valence-corrected chi connectivity index (χ1v) is 35.3. The third-order valence-corrected chi connectivity index (χ3v) is 17.8. The van der Waals surface area contributed by atoms with Crippen molar-refractivity contribution in [1.29, 1.82) is 0 Å². The Morgan fingerprint density at radius 3 is 1.23 bits per heavy atom. The van der Waals surface area contributed by atoms with Crippen LogP contribution in [0.15, 0.2) is 119 Å². The number of anilines is 2. The van der Waals surface area contributed by atoms with Gasteiger partial charge in [-0.3, -0.25) is 9.59 Å². The maximum atomic E-state index is 13.4. The smallest absolute Gasteiger partial charge is 0.268 e. The van der Waals surface area contributed by atoms with E-state index in [1.807, 2.05) is 0 Å². The average molecular weight is 1180 g/mol. The molecule has 2 saturated carbocycles. The summed E-state index contributed by atoms with van der Waals surface area (Å²) in [7, 11) is -9.22. The van der Waals surface area contributed by atoms with Crippen LogP contribution in [-0.4, -0.2) is 103 Å². The fraction of sp³-hybridized carbons (Fsp3) is 0.492. The Morgan fingerprint density at radius 1 is 0.580 bits per heavy atom. The Hall–Kier alpha value is -6.29. The van der Waals surface area contributed by atoms with Crippen LogP contribution in [0, 0.1) is 22.7 Å². The lowest BCUT2D eigenvalue weighted by molar-refractivity contribution is 0.0972. The van der Waals surface area contributed by atoms with Crippen LogP contribution in [0.5, 0.6) is 11.8 Å². The number of nitrogens with one attached hydrogen (secondary N) is 2. The minimum atomic E-state index is -4.04. The van der Waals surface area contributed by atoms with Gasteiger partial charge in [0.15, 0.2) is 11.6 Å². The van der Waals surface area contributed by atoms with E-state index in [1.54, 1.807) is 94.6 Å². The highest BCUT2D eigenvalue weighted by molar-refractivity contribution is 7.90. The molecule has 2 N–H and O–H groups in total. The number of rotatable bonds is 18. The zero-order valence-electron chi connectivity index (χ0n) is 48.6. The molecular formula is C59H79ClN10O8S2Si. The number of benzene rings is 2. The van der Waals surface area contributed by atoms with Gasteiger partial charge < -0.3 is 19.3 Å². The summed E-state index contributed by atoms with van der Waals surface area (Å²) in [5.41, 5.74) is 0.658. The number of ether oxygens (including phenoxy) is 2. The van der Waals surface area contributed by atoms with Crippen LogP contribution in [0.25, 0.3) is 11.6 Å². The van der Waals surface area contributed by atoms with Gasteiger partial charge in [-0.05, 0) is 150 Å². The van der Waals surface area contributed by atoms with Crippen LogP contribution in [0.3, 0.4) is 0 Å². The predicted octanol–water partition coefficient (Wildman–Crippen LogP) is 11.2. The van der Waals surface area contributed by atoms with Crippen molar-refractivity contribution in [1.82, 2.24) is 39.0 Å². The van der Waals surface area contributed by atoms with Gasteiger partial charge >= 0.3 is 0 Å². The van der Waals surface area contributed by atoms with Gasteiger partial charge in [-0.15, -0.1) is 10.2 Å². The Bertz CT molecular complexity index is 3190. The first-order valence-electron chi connectivity index (χ1n) is 27.8. The van der Waals surface area contributed by atoms with Gasteiger partial charge in [0, 0.05) is 48.7 Å². The van der Waals surface area contributed by atoms with Crippen molar-refractivity contribution in [2.75, 3.05) is 36.1 Å². The summed E-state index contributed by atoms with van der Waals surface area (Å²) in [6, 6.07) is 25.9. The largest absolute Gasteiger partial charge is 0.477 e. The first kappa shape index (κ1) is 60.8. The summed E-state index contributed by atoms with van der Waals surface area (Å²) in [6.07, 6.45) is 12.4. The first-order chi connectivity index (χ1) is 37.9. The molecule has 2 amide bonds. The van der Waals surface area contributed by atoms with Crippen LogP contribution in [-0.2, 0) is 20.0 Å². The van der Waals surface area contributed by atoms with E-state index < -0.39 is 39.2 Å². The standard InChI is InChI=1S/2C28H35N5O4S.C3H9ClSi/c2*1-20-18-27(2,3)32(19-20)25-22(26(34)31-38(35,36)21-8-6-5-7-9-21)10-11-23(29-25)33-16-12-24(30-33)37-17-15-28(4)13-14-28;1-5(2,3)4/h2*5-12,16,20H,13-15,17-19H2,1-4H3,(H,31,34);1-3H3/t2*20-;/m00./s1. The number of carbonyl (C=O) groups excluding carboxylic acids is 2. The van der Waals surface area contributed by atoms with Crippen molar-refractivity contribution in [3.63, 3.8) is 0 Å². The number of sulfonamides is 2. The molecule has 22 heteroatoms.